The first-order valence-electron chi connectivity index (χ1n) is 22.4. The zero-order valence-electron chi connectivity index (χ0n) is 34.8. The van der Waals surface area contributed by atoms with Crippen molar-refractivity contribution in [3.05, 3.63) is 218 Å². The summed E-state index contributed by atoms with van der Waals surface area (Å²) in [5.41, 5.74) is 18.0. The van der Waals surface area contributed by atoms with Gasteiger partial charge in [0.15, 0.2) is 0 Å². The molecule has 292 valence electrons. The average Bonchev–Trinajstić information content (AvgIpc) is 3.85. The van der Waals surface area contributed by atoms with E-state index in [-0.39, 0.29) is 0 Å². The summed E-state index contributed by atoms with van der Waals surface area (Å²) in [6.07, 6.45) is 0. The van der Waals surface area contributed by atoms with E-state index >= 15 is 0 Å². The Labute approximate surface area is 369 Å². The molecule has 0 nitrogen and oxygen atoms in total. The van der Waals surface area contributed by atoms with Gasteiger partial charge in [-0.1, -0.05) is 188 Å². The molecule has 0 saturated carbocycles. The summed E-state index contributed by atoms with van der Waals surface area (Å²) in [7, 11) is 0. The molecule has 0 atom stereocenters. The van der Waals surface area contributed by atoms with E-state index in [1.807, 2.05) is 0 Å². The fraction of sp³-hybridized carbons (Fsp3) is 0. The van der Waals surface area contributed by atoms with Crippen LogP contribution >= 0.6 is 0 Å². The normalized spacial score (nSPS) is 12.4. The number of fused-ring (bicyclic) bond motifs is 13. The summed E-state index contributed by atoms with van der Waals surface area (Å²) in [6, 6.07) is 82.8. The molecule has 0 saturated heterocycles. The summed E-state index contributed by atoms with van der Waals surface area (Å²) in [6.45, 7) is 0. The molecule has 0 bridgehead atoms. The predicted molar refractivity (Wildman–Crippen MR) is 274 cm³/mol. The van der Waals surface area contributed by atoms with Gasteiger partial charge in [-0.15, -0.1) is 0 Å². The van der Waals surface area contributed by atoms with E-state index in [9.17, 15) is 0 Å². The lowest BCUT2D eigenvalue weighted by Gasteiger charge is -2.22. The van der Waals surface area contributed by atoms with Crippen molar-refractivity contribution in [1.29, 1.82) is 0 Å². The maximum Gasteiger partial charge on any atom is -0.00199 e. The highest BCUT2D eigenvalue weighted by Gasteiger charge is 2.27. The fourth-order valence-electron chi connectivity index (χ4n) is 11.9. The highest BCUT2D eigenvalue weighted by molar-refractivity contribution is 6.28. The van der Waals surface area contributed by atoms with Crippen molar-refractivity contribution < 1.29 is 0 Å². The van der Waals surface area contributed by atoms with E-state index in [0.717, 1.165) is 0 Å². The summed E-state index contributed by atoms with van der Waals surface area (Å²) in [5, 5.41) is 17.9. The van der Waals surface area contributed by atoms with Gasteiger partial charge in [-0.25, -0.2) is 0 Å². The van der Waals surface area contributed by atoms with Crippen molar-refractivity contribution in [3.63, 3.8) is 0 Å². The molecule has 64 heavy (non-hydrogen) atoms. The van der Waals surface area contributed by atoms with E-state index in [4.69, 9.17) is 0 Å². The van der Waals surface area contributed by atoms with Gasteiger partial charge in [-0.2, -0.15) is 0 Å². The van der Waals surface area contributed by atoms with Crippen molar-refractivity contribution in [2.24, 2.45) is 0 Å². The maximum atomic E-state index is 2.56. The molecule has 0 unspecified atom stereocenters. The van der Waals surface area contributed by atoms with Crippen molar-refractivity contribution in [1.82, 2.24) is 0 Å². The van der Waals surface area contributed by atoms with Crippen molar-refractivity contribution in [2.75, 3.05) is 0 Å². The summed E-state index contributed by atoms with van der Waals surface area (Å²) in [5.74, 6) is 0. The molecule has 2 aliphatic rings. The van der Waals surface area contributed by atoms with E-state index < -0.39 is 0 Å². The van der Waals surface area contributed by atoms with Crippen LogP contribution in [0.15, 0.2) is 218 Å². The summed E-state index contributed by atoms with van der Waals surface area (Å²) < 4.78 is 0. The highest BCUT2D eigenvalue weighted by Crippen LogP contribution is 2.54. The maximum absolute atomic E-state index is 2.56. The number of benzene rings is 13. The second-order valence-corrected chi connectivity index (χ2v) is 17.8. The molecule has 0 radical (unpaired) electrons. The van der Waals surface area contributed by atoms with Crippen LogP contribution in [0.5, 0.6) is 0 Å². The third-order valence-electron chi connectivity index (χ3n) is 14.7. The van der Waals surface area contributed by atoms with Crippen LogP contribution in [0.2, 0.25) is 0 Å². The number of rotatable bonds is 3. The second kappa shape index (κ2) is 12.6. The molecular formula is C64H36. The number of hydrogen-bond acceptors (Lipinski definition) is 0. The minimum absolute atomic E-state index is 1.23. The molecule has 13 aromatic carbocycles. The third-order valence-corrected chi connectivity index (χ3v) is 14.7. The van der Waals surface area contributed by atoms with Crippen molar-refractivity contribution in [3.8, 4) is 77.9 Å². The second-order valence-electron chi connectivity index (χ2n) is 17.8. The smallest absolute Gasteiger partial charge is 0.00199 e. The van der Waals surface area contributed by atoms with Crippen LogP contribution in [0.1, 0.15) is 0 Å². The van der Waals surface area contributed by atoms with Crippen LogP contribution in [0.3, 0.4) is 0 Å². The Bertz CT molecular complexity index is 4120. The fourth-order valence-corrected chi connectivity index (χ4v) is 11.9. The Morgan fingerprint density at radius 3 is 1.08 bits per heavy atom. The Morgan fingerprint density at radius 2 is 0.531 bits per heavy atom. The van der Waals surface area contributed by atoms with Gasteiger partial charge in [0, 0.05) is 0 Å². The Morgan fingerprint density at radius 1 is 0.156 bits per heavy atom. The SMILES string of the molecule is c1cc(-c2cccc3ccccc23)c(-c2cc3c4cc5c(cc4ccc3c3cc4c(cc23)-c2cccc3cccc-4c23)-c2cccc3cccc-5c23)c(-c2cccc3ccccc23)c1. The Kier molecular flexibility index (Phi) is 6.77. The topological polar surface area (TPSA) is 0 Å². The van der Waals surface area contributed by atoms with Crippen LogP contribution in [0.4, 0.5) is 0 Å². The van der Waals surface area contributed by atoms with Gasteiger partial charge in [0.05, 0.1) is 0 Å². The monoisotopic (exact) mass is 804 g/mol. The molecule has 0 amide bonds. The first kappa shape index (κ1) is 34.3. The summed E-state index contributed by atoms with van der Waals surface area (Å²) in [4.78, 5) is 0. The average molecular weight is 805 g/mol. The molecular weight excluding hydrogens is 769 g/mol. The lowest BCUT2D eigenvalue weighted by molar-refractivity contribution is 1.61. The van der Waals surface area contributed by atoms with Crippen LogP contribution in [-0.2, 0) is 0 Å². The minimum atomic E-state index is 1.23. The molecule has 0 heteroatoms. The van der Waals surface area contributed by atoms with Crippen LogP contribution < -0.4 is 0 Å². The van der Waals surface area contributed by atoms with Gasteiger partial charge in [-0.3, -0.25) is 0 Å². The first-order valence-corrected chi connectivity index (χ1v) is 22.4. The largest absolute Gasteiger partial charge is 0.0616 e. The van der Waals surface area contributed by atoms with Gasteiger partial charge in [-0.05, 0) is 184 Å². The Hall–Kier alpha value is -8.32. The molecule has 0 aliphatic heterocycles. The highest BCUT2D eigenvalue weighted by atomic mass is 14.3. The van der Waals surface area contributed by atoms with Crippen molar-refractivity contribution in [2.45, 2.75) is 0 Å². The quantitative estimate of drug-likeness (QED) is 0.156. The molecule has 0 aromatic heterocycles. The zero-order chi connectivity index (χ0) is 41.6. The Balaban J connectivity index is 1.13. The molecule has 0 fully saturated rings. The lowest BCUT2D eigenvalue weighted by Crippen LogP contribution is -1.95. The van der Waals surface area contributed by atoms with E-state index in [1.54, 1.807) is 0 Å². The van der Waals surface area contributed by atoms with Gasteiger partial charge >= 0.3 is 0 Å². The molecule has 13 aromatic rings. The van der Waals surface area contributed by atoms with E-state index in [0.29, 0.717) is 0 Å². The summed E-state index contributed by atoms with van der Waals surface area (Å²) >= 11 is 0. The van der Waals surface area contributed by atoms with E-state index in [2.05, 4.69) is 218 Å². The van der Waals surface area contributed by atoms with Crippen LogP contribution in [-0.4, -0.2) is 0 Å². The van der Waals surface area contributed by atoms with Gasteiger partial charge in [0.1, 0.15) is 0 Å². The number of hydrogen-bond donors (Lipinski definition) is 0. The third kappa shape index (κ3) is 4.56. The van der Waals surface area contributed by atoms with Gasteiger partial charge in [0.25, 0.3) is 0 Å². The van der Waals surface area contributed by atoms with Gasteiger partial charge < -0.3 is 0 Å². The predicted octanol–water partition coefficient (Wildman–Crippen LogP) is 18.1. The van der Waals surface area contributed by atoms with Crippen LogP contribution in [0.25, 0.3) is 153 Å². The van der Waals surface area contributed by atoms with E-state index in [1.165, 1.54) is 153 Å². The lowest BCUT2D eigenvalue weighted by atomic mass is 9.81. The molecule has 2 aliphatic carbocycles. The standard InChI is InChI=1S/C64H36/c1-3-20-42-37(12-1)14-5-22-44(42)47-28-11-29-48(45-23-6-15-38-13-2-4-21-43(38)45)64(47)61-36-55-46(56-34-58-51-26-9-18-40-19-10-27-52(63(40)51)59(58)35-60(56)61)31-30-41-32-54-49-24-7-16-39-17-8-25-50(62(39)49)57(54)33-53(41)55/h1-36H. The minimum Gasteiger partial charge on any atom is -0.0616 e. The zero-order valence-corrected chi connectivity index (χ0v) is 34.8. The first-order chi connectivity index (χ1) is 31.7. The molecule has 15 rings (SSSR count). The van der Waals surface area contributed by atoms with Gasteiger partial charge in [0.2, 0.25) is 0 Å². The molecule has 0 spiro atoms. The van der Waals surface area contributed by atoms with Crippen LogP contribution in [0, 0.1) is 0 Å². The molecule has 0 heterocycles. The molecule has 0 N–H and O–H groups in total. The van der Waals surface area contributed by atoms with Crippen molar-refractivity contribution >= 4 is 75.4 Å².